The summed E-state index contributed by atoms with van der Waals surface area (Å²) in [6.45, 7) is 3.00. The van der Waals surface area contributed by atoms with E-state index >= 15 is 0 Å². The lowest BCUT2D eigenvalue weighted by molar-refractivity contribution is 0.415. The third kappa shape index (κ3) is 2.71. The fraction of sp³-hybridized carbons (Fsp3) is 0.364. The molecule has 1 N–H and O–H groups in total. The average Bonchev–Trinajstić information content (AvgIpc) is 2.85. The van der Waals surface area contributed by atoms with E-state index < -0.39 is 0 Å². The molecule has 0 unspecified atom stereocenters. The second kappa shape index (κ2) is 5.58. The molecule has 0 saturated carbocycles. The number of ether oxygens (including phenoxy) is 1. The predicted octanol–water partition coefficient (Wildman–Crippen LogP) is 2.43. The van der Waals surface area contributed by atoms with Crippen LogP contribution in [0.2, 0.25) is 0 Å². The maximum Gasteiger partial charge on any atom is 0.206 e. The molecule has 2 heterocycles. The fourth-order valence-corrected chi connectivity index (χ4v) is 2.11. The van der Waals surface area contributed by atoms with Gasteiger partial charge in [-0.3, -0.25) is 0 Å². The van der Waals surface area contributed by atoms with E-state index in [-0.39, 0.29) is 0 Å². The Morgan fingerprint density at radius 3 is 3.06 bits per heavy atom. The van der Waals surface area contributed by atoms with E-state index in [1.54, 1.807) is 13.3 Å². The van der Waals surface area contributed by atoms with E-state index in [1.165, 1.54) is 11.3 Å². The minimum atomic E-state index is 0.714. The SMILES string of the molecule is CCCNc1nnc(-c2ncccc2OC)s1. The molecule has 0 amide bonds. The van der Waals surface area contributed by atoms with Crippen LogP contribution >= 0.6 is 11.3 Å². The van der Waals surface area contributed by atoms with Crippen molar-refractivity contribution >= 4 is 16.5 Å². The lowest BCUT2D eigenvalue weighted by atomic mass is 10.3. The van der Waals surface area contributed by atoms with Crippen LogP contribution < -0.4 is 10.1 Å². The molecule has 6 heteroatoms. The van der Waals surface area contributed by atoms with Crippen LogP contribution in [0.3, 0.4) is 0 Å². The average molecular weight is 250 g/mol. The number of nitrogens with one attached hydrogen (secondary N) is 1. The smallest absolute Gasteiger partial charge is 0.206 e. The lowest BCUT2D eigenvalue weighted by Gasteiger charge is -2.02. The van der Waals surface area contributed by atoms with Crippen molar-refractivity contribution in [3.05, 3.63) is 18.3 Å². The molecule has 0 aromatic carbocycles. The van der Waals surface area contributed by atoms with Crippen LogP contribution in [0, 0.1) is 0 Å². The highest BCUT2D eigenvalue weighted by atomic mass is 32.1. The lowest BCUT2D eigenvalue weighted by Crippen LogP contribution is -1.98. The van der Waals surface area contributed by atoms with E-state index in [1.807, 2.05) is 12.1 Å². The molecule has 0 aliphatic heterocycles. The molecule has 0 fully saturated rings. The van der Waals surface area contributed by atoms with Gasteiger partial charge in [-0.15, -0.1) is 10.2 Å². The fourth-order valence-electron chi connectivity index (χ4n) is 1.34. The zero-order chi connectivity index (χ0) is 12.1. The number of rotatable bonds is 5. The molecule has 0 aliphatic carbocycles. The number of hydrogen-bond donors (Lipinski definition) is 1. The summed E-state index contributed by atoms with van der Waals surface area (Å²) in [5.41, 5.74) is 0.733. The molecular formula is C11H14N4OS. The molecule has 0 aliphatic rings. The Kier molecular flexibility index (Phi) is 3.87. The highest BCUT2D eigenvalue weighted by Gasteiger charge is 2.12. The van der Waals surface area contributed by atoms with Gasteiger partial charge in [0, 0.05) is 12.7 Å². The normalized spacial score (nSPS) is 10.2. The second-order valence-corrected chi connectivity index (χ2v) is 4.37. The minimum absolute atomic E-state index is 0.714. The summed E-state index contributed by atoms with van der Waals surface area (Å²) in [7, 11) is 1.62. The van der Waals surface area contributed by atoms with Gasteiger partial charge in [-0.25, -0.2) is 4.98 Å². The number of methoxy groups -OCH3 is 1. The Morgan fingerprint density at radius 2 is 2.29 bits per heavy atom. The minimum Gasteiger partial charge on any atom is -0.494 e. The zero-order valence-corrected chi connectivity index (χ0v) is 10.6. The van der Waals surface area contributed by atoms with Crippen LogP contribution in [0.5, 0.6) is 5.75 Å². The Balaban J connectivity index is 2.24. The molecule has 0 saturated heterocycles. The van der Waals surface area contributed by atoms with Gasteiger partial charge >= 0.3 is 0 Å². The van der Waals surface area contributed by atoms with Crippen molar-refractivity contribution in [1.29, 1.82) is 0 Å². The summed E-state index contributed by atoms with van der Waals surface area (Å²) in [5, 5.41) is 13.0. The van der Waals surface area contributed by atoms with Crippen molar-refractivity contribution in [3.8, 4) is 16.5 Å². The molecule has 0 atom stereocenters. The van der Waals surface area contributed by atoms with E-state index in [0.717, 1.165) is 28.8 Å². The van der Waals surface area contributed by atoms with E-state index in [0.29, 0.717) is 5.75 Å². The quantitative estimate of drug-likeness (QED) is 0.883. The zero-order valence-electron chi connectivity index (χ0n) is 9.80. The summed E-state index contributed by atoms with van der Waals surface area (Å²) in [5.74, 6) is 0.714. The van der Waals surface area contributed by atoms with Gasteiger partial charge in [-0.2, -0.15) is 0 Å². The van der Waals surface area contributed by atoms with Crippen molar-refractivity contribution in [3.63, 3.8) is 0 Å². The van der Waals surface area contributed by atoms with Crippen molar-refractivity contribution in [2.24, 2.45) is 0 Å². The van der Waals surface area contributed by atoms with Gasteiger partial charge in [0.2, 0.25) is 5.13 Å². The molecule has 0 radical (unpaired) electrons. The maximum atomic E-state index is 5.25. The van der Waals surface area contributed by atoms with Crippen LogP contribution in [0.4, 0.5) is 5.13 Å². The van der Waals surface area contributed by atoms with Crippen molar-refractivity contribution in [2.45, 2.75) is 13.3 Å². The number of hydrogen-bond acceptors (Lipinski definition) is 6. The summed E-state index contributed by atoms with van der Waals surface area (Å²) in [6, 6.07) is 3.70. The van der Waals surface area contributed by atoms with Gasteiger partial charge in [0.1, 0.15) is 11.4 Å². The first-order chi connectivity index (χ1) is 8.35. The van der Waals surface area contributed by atoms with Gasteiger partial charge in [-0.1, -0.05) is 18.3 Å². The number of pyridine rings is 1. The van der Waals surface area contributed by atoms with Crippen LogP contribution in [0.1, 0.15) is 13.3 Å². The summed E-state index contributed by atoms with van der Waals surface area (Å²) in [6.07, 6.45) is 2.78. The van der Waals surface area contributed by atoms with Crippen LogP contribution in [-0.4, -0.2) is 28.8 Å². The topological polar surface area (TPSA) is 59.9 Å². The molecule has 0 spiro atoms. The molecule has 2 aromatic rings. The molecule has 17 heavy (non-hydrogen) atoms. The second-order valence-electron chi connectivity index (χ2n) is 3.39. The first-order valence-corrected chi connectivity index (χ1v) is 6.23. The van der Waals surface area contributed by atoms with Gasteiger partial charge in [0.05, 0.1) is 7.11 Å². The third-order valence-corrected chi connectivity index (χ3v) is 3.03. The third-order valence-electron chi connectivity index (χ3n) is 2.14. The number of aromatic nitrogens is 3. The Labute approximate surface area is 104 Å². The van der Waals surface area contributed by atoms with Crippen LogP contribution in [-0.2, 0) is 0 Å². The molecular weight excluding hydrogens is 236 g/mol. The van der Waals surface area contributed by atoms with Gasteiger partial charge in [0.15, 0.2) is 5.01 Å². The monoisotopic (exact) mass is 250 g/mol. The van der Waals surface area contributed by atoms with Crippen molar-refractivity contribution < 1.29 is 4.74 Å². The van der Waals surface area contributed by atoms with Crippen molar-refractivity contribution in [1.82, 2.24) is 15.2 Å². The Morgan fingerprint density at radius 1 is 1.41 bits per heavy atom. The molecule has 2 aromatic heterocycles. The Bertz CT molecular complexity index is 486. The summed E-state index contributed by atoms with van der Waals surface area (Å²) >= 11 is 1.48. The molecule has 90 valence electrons. The Hall–Kier alpha value is -1.69. The summed E-state index contributed by atoms with van der Waals surface area (Å²) in [4.78, 5) is 4.27. The van der Waals surface area contributed by atoms with Crippen LogP contribution in [0.15, 0.2) is 18.3 Å². The number of anilines is 1. The van der Waals surface area contributed by atoms with E-state index in [4.69, 9.17) is 4.74 Å². The van der Waals surface area contributed by atoms with Gasteiger partial charge < -0.3 is 10.1 Å². The predicted molar refractivity (Wildman–Crippen MR) is 68.5 cm³/mol. The van der Waals surface area contributed by atoms with E-state index in [9.17, 15) is 0 Å². The van der Waals surface area contributed by atoms with Gasteiger partial charge in [-0.05, 0) is 18.6 Å². The summed E-state index contributed by atoms with van der Waals surface area (Å²) < 4.78 is 5.25. The highest BCUT2D eigenvalue weighted by Crippen LogP contribution is 2.31. The standard InChI is InChI=1S/C11H14N4OS/c1-3-6-13-11-15-14-10(17-11)9-8(16-2)5-4-7-12-9/h4-5,7H,3,6H2,1-2H3,(H,13,15). The molecule has 2 rings (SSSR count). The number of nitrogens with zero attached hydrogens (tertiary/aromatic N) is 3. The van der Waals surface area contributed by atoms with Gasteiger partial charge in [0.25, 0.3) is 0 Å². The largest absolute Gasteiger partial charge is 0.494 e. The molecule has 0 bridgehead atoms. The van der Waals surface area contributed by atoms with Crippen molar-refractivity contribution in [2.75, 3.05) is 19.0 Å². The first kappa shape index (κ1) is 11.8. The highest BCUT2D eigenvalue weighted by molar-refractivity contribution is 7.18. The molecule has 5 nitrogen and oxygen atoms in total. The van der Waals surface area contributed by atoms with Crippen LogP contribution in [0.25, 0.3) is 10.7 Å². The maximum absolute atomic E-state index is 5.25. The van der Waals surface area contributed by atoms with E-state index in [2.05, 4.69) is 27.4 Å². The first-order valence-electron chi connectivity index (χ1n) is 5.42.